The number of anilines is 1. The first kappa shape index (κ1) is 15.1. The summed E-state index contributed by atoms with van der Waals surface area (Å²) >= 11 is 3.32. The third-order valence-corrected chi connectivity index (χ3v) is 6.49. The van der Waals surface area contributed by atoms with Crippen molar-refractivity contribution in [2.45, 2.75) is 53.3 Å². The van der Waals surface area contributed by atoms with Crippen molar-refractivity contribution in [1.29, 1.82) is 0 Å². The molecule has 8 heteroatoms. The van der Waals surface area contributed by atoms with E-state index in [0.717, 1.165) is 41.6 Å². The van der Waals surface area contributed by atoms with E-state index in [1.807, 2.05) is 19.0 Å². The zero-order valence-electron chi connectivity index (χ0n) is 12.3. The third kappa shape index (κ3) is 3.32. The third-order valence-electron chi connectivity index (χ3n) is 4.04. The Morgan fingerprint density at radius 1 is 1.43 bits per heavy atom. The molecule has 21 heavy (non-hydrogen) atoms. The number of aromatic nitrogens is 2. The topological polar surface area (TPSA) is 84.1 Å². The van der Waals surface area contributed by atoms with Crippen molar-refractivity contribution in [2.75, 3.05) is 19.0 Å². The van der Waals surface area contributed by atoms with Gasteiger partial charge in [0.15, 0.2) is 4.34 Å². The maximum Gasteiger partial charge on any atom is 0.237 e. The average molecular weight is 327 g/mol. The molecule has 0 saturated heterocycles. The van der Waals surface area contributed by atoms with Crippen LogP contribution in [-0.2, 0) is 4.79 Å². The molecule has 0 aliphatic heterocycles. The van der Waals surface area contributed by atoms with E-state index in [2.05, 4.69) is 15.5 Å². The van der Waals surface area contributed by atoms with Crippen LogP contribution in [0.2, 0.25) is 0 Å². The lowest BCUT2D eigenvalue weighted by molar-refractivity contribution is -0.124. The van der Waals surface area contributed by atoms with Crippen LogP contribution in [0.15, 0.2) is 4.34 Å². The predicted octanol–water partition coefficient (Wildman–Crippen LogP) is 1.22. The van der Waals surface area contributed by atoms with E-state index in [0.29, 0.717) is 11.3 Å². The van der Waals surface area contributed by atoms with Crippen LogP contribution in [0.1, 0.15) is 32.1 Å². The Morgan fingerprint density at radius 3 is 2.76 bits per heavy atom. The van der Waals surface area contributed by atoms with E-state index in [1.165, 1.54) is 0 Å². The van der Waals surface area contributed by atoms with Gasteiger partial charge in [0, 0.05) is 25.4 Å². The van der Waals surface area contributed by atoms with Gasteiger partial charge < -0.3 is 16.0 Å². The first-order valence-corrected chi connectivity index (χ1v) is 8.93. The van der Waals surface area contributed by atoms with Crippen molar-refractivity contribution >= 4 is 34.1 Å². The first-order chi connectivity index (χ1) is 9.98. The average Bonchev–Trinajstić information content (AvgIpc) is 2.95. The summed E-state index contributed by atoms with van der Waals surface area (Å²) in [5, 5.41) is 13.1. The smallest absolute Gasteiger partial charge is 0.237 e. The SMILES string of the molecule is CN(C)c1nnc(SC2CCC(NC3CC3)(C(N)=O)C2)s1. The molecule has 116 valence electrons. The maximum atomic E-state index is 11.9. The van der Waals surface area contributed by atoms with Crippen molar-refractivity contribution in [3.8, 4) is 0 Å². The Bertz CT molecular complexity index is 530. The van der Waals surface area contributed by atoms with Crippen LogP contribution in [0, 0.1) is 0 Å². The van der Waals surface area contributed by atoms with Crippen LogP contribution in [0.3, 0.4) is 0 Å². The van der Waals surface area contributed by atoms with E-state index in [1.54, 1.807) is 23.1 Å². The van der Waals surface area contributed by atoms with E-state index in [9.17, 15) is 4.79 Å². The predicted molar refractivity (Wildman–Crippen MR) is 85.8 cm³/mol. The Labute approximate surface area is 132 Å². The number of carbonyl (C=O) groups excluding carboxylic acids is 1. The van der Waals surface area contributed by atoms with Crippen molar-refractivity contribution in [2.24, 2.45) is 5.73 Å². The number of hydrogen-bond donors (Lipinski definition) is 2. The molecule has 1 amide bonds. The fourth-order valence-corrected chi connectivity index (χ4v) is 5.02. The summed E-state index contributed by atoms with van der Waals surface area (Å²) in [4.78, 5) is 13.9. The lowest BCUT2D eigenvalue weighted by atomic mass is 9.96. The molecule has 2 fully saturated rings. The number of primary amides is 1. The molecule has 2 saturated carbocycles. The highest BCUT2D eigenvalue weighted by atomic mass is 32.2. The summed E-state index contributed by atoms with van der Waals surface area (Å²) in [6, 6.07) is 0.489. The Kier molecular flexibility index (Phi) is 4.11. The van der Waals surface area contributed by atoms with Gasteiger partial charge in [0.2, 0.25) is 11.0 Å². The van der Waals surface area contributed by atoms with Crippen molar-refractivity contribution in [3.63, 3.8) is 0 Å². The minimum Gasteiger partial charge on any atom is -0.368 e. The van der Waals surface area contributed by atoms with Gasteiger partial charge in [-0.15, -0.1) is 10.2 Å². The molecule has 0 spiro atoms. The lowest BCUT2D eigenvalue weighted by Gasteiger charge is -2.27. The van der Waals surface area contributed by atoms with Gasteiger partial charge >= 0.3 is 0 Å². The standard InChI is InChI=1S/C13H21N5OS2/c1-18(2)11-16-17-12(21-11)20-9-5-6-13(7-9,10(14)19)15-8-3-4-8/h8-9,15H,3-7H2,1-2H3,(H2,14,19). The van der Waals surface area contributed by atoms with E-state index in [-0.39, 0.29) is 5.91 Å². The number of nitrogens with one attached hydrogen (secondary N) is 1. The van der Waals surface area contributed by atoms with Crippen molar-refractivity contribution in [3.05, 3.63) is 0 Å². The number of amides is 1. The van der Waals surface area contributed by atoms with E-state index in [4.69, 9.17) is 5.73 Å². The molecular formula is C13H21N5OS2. The van der Waals surface area contributed by atoms with Gasteiger partial charge in [-0.05, 0) is 32.1 Å². The molecule has 3 N–H and O–H groups in total. The fourth-order valence-electron chi connectivity index (χ4n) is 2.72. The summed E-state index contributed by atoms with van der Waals surface area (Å²) in [5.41, 5.74) is 5.16. The van der Waals surface area contributed by atoms with Crippen LogP contribution in [0.4, 0.5) is 5.13 Å². The quantitative estimate of drug-likeness (QED) is 0.817. The van der Waals surface area contributed by atoms with Crippen molar-refractivity contribution < 1.29 is 4.79 Å². The highest BCUT2D eigenvalue weighted by Crippen LogP contribution is 2.43. The molecule has 2 aliphatic rings. The molecule has 0 aromatic carbocycles. The molecule has 2 atom stereocenters. The zero-order chi connectivity index (χ0) is 15.0. The second-order valence-corrected chi connectivity index (χ2v) is 8.60. The van der Waals surface area contributed by atoms with E-state index < -0.39 is 5.54 Å². The zero-order valence-corrected chi connectivity index (χ0v) is 14.0. The molecule has 0 radical (unpaired) electrons. The Morgan fingerprint density at radius 2 is 2.19 bits per heavy atom. The van der Waals surface area contributed by atoms with Crippen LogP contribution in [0.5, 0.6) is 0 Å². The number of nitrogens with two attached hydrogens (primary N) is 1. The summed E-state index contributed by atoms with van der Waals surface area (Å²) in [5.74, 6) is -0.205. The minimum atomic E-state index is -0.506. The molecule has 1 heterocycles. The second kappa shape index (κ2) is 5.73. The molecule has 2 unspecified atom stereocenters. The van der Waals surface area contributed by atoms with Gasteiger partial charge in [0.05, 0.1) is 5.54 Å². The number of thioether (sulfide) groups is 1. The summed E-state index contributed by atoms with van der Waals surface area (Å²) in [6.45, 7) is 0. The largest absolute Gasteiger partial charge is 0.368 e. The highest BCUT2D eigenvalue weighted by molar-refractivity contribution is 8.01. The van der Waals surface area contributed by atoms with Crippen LogP contribution in [0.25, 0.3) is 0 Å². The Hall–Kier alpha value is -0.860. The monoisotopic (exact) mass is 327 g/mol. The van der Waals surface area contributed by atoms with Gasteiger partial charge in [0.1, 0.15) is 0 Å². The normalized spacial score (nSPS) is 28.8. The first-order valence-electron chi connectivity index (χ1n) is 7.23. The lowest BCUT2D eigenvalue weighted by Crippen LogP contribution is -2.54. The van der Waals surface area contributed by atoms with Crippen LogP contribution < -0.4 is 16.0 Å². The van der Waals surface area contributed by atoms with Crippen LogP contribution >= 0.6 is 23.1 Å². The number of hydrogen-bond acceptors (Lipinski definition) is 7. The number of carbonyl (C=O) groups is 1. The molecule has 3 rings (SSSR count). The van der Waals surface area contributed by atoms with Gasteiger partial charge in [-0.25, -0.2) is 0 Å². The summed E-state index contributed by atoms with van der Waals surface area (Å²) < 4.78 is 0.968. The molecule has 2 aliphatic carbocycles. The maximum absolute atomic E-state index is 11.9. The van der Waals surface area contributed by atoms with Crippen LogP contribution in [-0.4, -0.2) is 47.0 Å². The molecule has 1 aromatic rings. The number of rotatable bonds is 6. The van der Waals surface area contributed by atoms with Gasteiger partial charge in [-0.1, -0.05) is 23.1 Å². The van der Waals surface area contributed by atoms with Crippen molar-refractivity contribution in [1.82, 2.24) is 15.5 Å². The van der Waals surface area contributed by atoms with Gasteiger partial charge in [0.25, 0.3) is 0 Å². The van der Waals surface area contributed by atoms with Gasteiger partial charge in [-0.2, -0.15) is 0 Å². The van der Waals surface area contributed by atoms with E-state index >= 15 is 0 Å². The Balaban J connectivity index is 1.63. The molecule has 6 nitrogen and oxygen atoms in total. The second-order valence-electron chi connectivity index (χ2n) is 6.09. The molecule has 1 aromatic heterocycles. The van der Waals surface area contributed by atoms with Gasteiger partial charge in [-0.3, -0.25) is 4.79 Å². The molecule has 0 bridgehead atoms. The minimum absolute atomic E-state index is 0.205. The summed E-state index contributed by atoms with van der Waals surface area (Å²) in [6.07, 6.45) is 4.94. The highest BCUT2D eigenvalue weighted by Gasteiger charge is 2.47. The summed E-state index contributed by atoms with van der Waals surface area (Å²) in [7, 11) is 3.92. The molecular weight excluding hydrogens is 306 g/mol. The fraction of sp³-hybridized carbons (Fsp3) is 0.769. The number of nitrogens with zero attached hydrogens (tertiary/aromatic N) is 3.